The molecule has 0 aromatic heterocycles. The van der Waals surface area contributed by atoms with Crippen molar-refractivity contribution in [2.45, 2.75) is 39.0 Å². The fourth-order valence-corrected chi connectivity index (χ4v) is 2.45. The molecule has 0 saturated heterocycles. The van der Waals surface area contributed by atoms with Gasteiger partial charge in [0.15, 0.2) is 0 Å². The number of carbonyl (C=O) groups is 1. The summed E-state index contributed by atoms with van der Waals surface area (Å²) in [5.41, 5.74) is 4.91. The molecule has 1 aromatic carbocycles. The zero-order valence-corrected chi connectivity index (χ0v) is 12.0. The predicted octanol–water partition coefficient (Wildman–Crippen LogP) is 3.60. The normalized spacial score (nSPS) is 21.2. The summed E-state index contributed by atoms with van der Waals surface area (Å²) >= 11 is 0. The molecular weight excluding hydrogens is 252 g/mol. The number of benzene rings is 1. The molecule has 4 heteroatoms. The number of anilines is 1. The molecule has 0 spiro atoms. The second-order valence-electron chi connectivity index (χ2n) is 4.98. The quantitative estimate of drug-likeness (QED) is 0.518. The molecule has 2 rings (SSSR count). The van der Waals surface area contributed by atoms with E-state index in [0.29, 0.717) is 6.61 Å². The molecule has 108 valence electrons. The van der Waals surface area contributed by atoms with E-state index < -0.39 is 0 Å². The van der Waals surface area contributed by atoms with Crippen LogP contribution in [0.2, 0.25) is 0 Å². The molecule has 0 heterocycles. The Morgan fingerprint density at radius 2 is 2.10 bits per heavy atom. The minimum absolute atomic E-state index is 0.136. The Balaban J connectivity index is 2.09. The van der Waals surface area contributed by atoms with Crippen molar-refractivity contribution in [3.8, 4) is 0 Å². The van der Waals surface area contributed by atoms with Crippen LogP contribution in [0.1, 0.15) is 39.0 Å². The molecule has 1 atom stereocenters. The van der Waals surface area contributed by atoms with Crippen LogP contribution in [0.3, 0.4) is 0 Å². The maximum atomic E-state index is 12.0. The van der Waals surface area contributed by atoms with Gasteiger partial charge in [0.25, 0.3) is 0 Å². The van der Waals surface area contributed by atoms with Gasteiger partial charge in [-0.25, -0.2) is 0 Å². The minimum Gasteiger partial charge on any atom is -0.465 e. The number of carbonyl (C=O) groups excluding carboxylic acids is 1. The average Bonchev–Trinajstić information content (AvgIpc) is 2.72. The topological polar surface area (TPSA) is 50.7 Å². The Kier molecular flexibility index (Phi) is 5.59. The van der Waals surface area contributed by atoms with Gasteiger partial charge in [-0.1, -0.05) is 31.0 Å². The lowest BCUT2D eigenvalue weighted by atomic mass is 9.98. The highest BCUT2D eigenvalue weighted by atomic mass is 16.5. The highest BCUT2D eigenvalue weighted by Crippen LogP contribution is 2.22. The first kappa shape index (κ1) is 14.6. The zero-order chi connectivity index (χ0) is 14.2. The number of esters is 1. The van der Waals surface area contributed by atoms with Crippen molar-refractivity contribution in [1.82, 2.24) is 0 Å². The molecule has 1 aromatic rings. The van der Waals surface area contributed by atoms with Gasteiger partial charge in [-0.15, -0.1) is 0 Å². The van der Waals surface area contributed by atoms with Gasteiger partial charge in [0.2, 0.25) is 0 Å². The van der Waals surface area contributed by atoms with Crippen molar-refractivity contribution in [1.29, 1.82) is 0 Å². The van der Waals surface area contributed by atoms with E-state index in [2.05, 4.69) is 10.5 Å². The van der Waals surface area contributed by atoms with E-state index in [1.54, 1.807) is 0 Å². The third-order valence-electron chi connectivity index (χ3n) is 3.50. The highest BCUT2D eigenvalue weighted by molar-refractivity contribution is 6.02. The number of nitrogens with zero attached hydrogens (tertiary/aromatic N) is 1. The summed E-state index contributed by atoms with van der Waals surface area (Å²) < 4.78 is 5.17. The van der Waals surface area contributed by atoms with Gasteiger partial charge >= 0.3 is 5.97 Å². The number of para-hydroxylation sites is 1. The molecule has 0 bridgehead atoms. The second-order valence-corrected chi connectivity index (χ2v) is 4.98. The van der Waals surface area contributed by atoms with Crippen LogP contribution >= 0.6 is 0 Å². The zero-order valence-electron chi connectivity index (χ0n) is 12.0. The van der Waals surface area contributed by atoms with Crippen molar-refractivity contribution < 1.29 is 9.53 Å². The number of hydrogen-bond acceptors (Lipinski definition) is 4. The van der Waals surface area contributed by atoms with Gasteiger partial charge in [-0.3, -0.25) is 10.2 Å². The third-order valence-corrected chi connectivity index (χ3v) is 3.50. The summed E-state index contributed by atoms with van der Waals surface area (Å²) in [6.07, 6.45) is 5.01. The summed E-state index contributed by atoms with van der Waals surface area (Å²) in [6.45, 7) is 2.27. The van der Waals surface area contributed by atoms with Crippen LogP contribution in [0, 0.1) is 5.92 Å². The van der Waals surface area contributed by atoms with Gasteiger partial charge in [-0.2, -0.15) is 5.10 Å². The van der Waals surface area contributed by atoms with Gasteiger partial charge in [-0.05, 0) is 38.3 Å². The number of nitrogens with one attached hydrogen (secondary N) is 1. The first-order valence-electron chi connectivity index (χ1n) is 7.35. The molecule has 4 nitrogen and oxygen atoms in total. The van der Waals surface area contributed by atoms with E-state index in [9.17, 15) is 4.79 Å². The SMILES string of the molecule is CCOC(=O)C1CCCCC/C1=N/Nc1ccccc1. The number of rotatable bonds is 4. The Morgan fingerprint density at radius 1 is 1.30 bits per heavy atom. The summed E-state index contributed by atoms with van der Waals surface area (Å²) in [5, 5.41) is 4.46. The van der Waals surface area contributed by atoms with Crippen molar-refractivity contribution in [3.63, 3.8) is 0 Å². The Bertz CT molecular complexity index is 457. The van der Waals surface area contributed by atoms with E-state index in [1.165, 1.54) is 0 Å². The molecule has 1 saturated carbocycles. The first-order valence-corrected chi connectivity index (χ1v) is 7.35. The van der Waals surface area contributed by atoms with Crippen molar-refractivity contribution in [3.05, 3.63) is 30.3 Å². The molecule has 20 heavy (non-hydrogen) atoms. The molecule has 0 radical (unpaired) electrons. The molecule has 1 N–H and O–H groups in total. The predicted molar refractivity (Wildman–Crippen MR) is 80.7 cm³/mol. The Labute approximate surface area is 120 Å². The maximum absolute atomic E-state index is 12.0. The maximum Gasteiger partial charge on any atom is 0.314 e. The summed E-state index contributed by atoms with van der Waals surface area (Å²) in [5.74, 6) is -0.323. The van der Waals surface area contributed by atoms with Crippen molar-refractivity contribution in [2.24, 2.45) is 11.0 Å². The van der Waals surface area contributed by atoms with E-state index in [-0.39, 0.29) is 11.9 Å². The van der Waals surface area contributed by atoms with Crippen LogP contribution in [-0.2, 0) is 9.53 Å². The summed E-state index contributed by atoms with van der Waals surface area (Å²) in [4.78, 5) is 12.0. The number of hydrogen-bond donors (Lipinski definition) is 1. The summed E-state index contributed by atoms with van der Waals surface area (Å²) in [6, 6.07) is 9.79. The number of hydrazone groups is 1. The van der Waals surface area contributed by atoms with Crippen LogP contribution in [0.15, 0.2) is 35.4 Å². The monoisotopic (exact) mass is 274 g/mol. The molecule has 1 fully saturated rings. The van der Waals surface area contributed by atoms with Crippen LogP contribution < -0.4 is 5.43 Å². The van der Waals surface area contributed by atoms with E-state index in [4.69, 9.17) is 4.74 Å². The van der Waals surface area contributed by atoms with E-state index in [0.717, 1.165) is 43.5 Å². The first-order chi connectivity index (χ1) is 9.81. The lowest BCUT2D eigenvalue weighted by molar-refractivity contribution is -0.145. The smallest absolute Gasteiger partial charge is 0.314 e. The van der Waals surface area contributed by atoms with Crippen LogP contribution in [0.5, 0.6) is 0 Å². The average molecular weight is 274 g/mol. The fourth-order valence-electron chi connectivity index (χ4n) is 2.45. The Hall–Kier alpha value is -1.84. The molecule has 1 unspecified atom stereocenters. The lowest BCUT2D eigenvalue weighted by Gasteiger charge is -2.15. The number of ether oxygens (including phenoxy) is 1. The lowest BCUT2D eigenvalue weighted by Crippen LogP contribution is -2.26. The van der Waals surface area contributed by atoms with Gasteiger partial charge in [0, 0.05) is 0 Å². The van der Waals surface area contributed by atoms with Crippen LogP contribution in [0.25, 0.3) is 0 Å². The standard InChI is InChI=1S/C16H22N2O2/c1-2-20-16(19)14-11-7-4-8-12-15(14)18-17-13-9-5-3-6-10-13/h3,5-6,9-10,14,17H,2,4,7-8,11-12H2,1H3/b18-15-. The Morgan fingerprint density at radius 3 is 2.85 bits per heavy atom. The molecule has 0 aliphatic heterocycles. The molecule has 1 aliphatic carbocycles. The van der Waals surface area contributed by atoms with Crippen molar-refractivity contribution in [2.75, 3.05) is 12.0 Å². The minimum atomic E-state index is -0.186. The highest BCUT2D eigenvalue weighted by Gasteiger charge is 2.27. The summed E-state index contributed by atoms with van der Waals surface area (Å²) in [7, 11) is 0. The fraction of sp³-hybridized carbons (Fsp3) is 0.500. The van der Waals surface area contributed by atoms with Crippen LogP contribution in [0.4, 0.5) is 5.69 Å². The van der Waals surface area contributed by atoms with Gasteiger partial charge < -0.3 is 4.74 Å². The molecule has 1 aliphatic rings. The van der Waals surface area contributed by atoms with E-state index in [1.807, 2.05) is 37.3 Å². The van der Waals surface area contributed by atoms with Crippen LogP contribution in [-0.4, -0.2) is 18.3 Å². The van der Waals surface area contributed by atoms with Gasteiger partial charge in [0.05, 0.1) is 23.9 Å². The van der Waals surface area contributed by atoms with Gasteiger partial charge in [0.1, 0.15) is 0 Å². The largest absolute Gasteiger partial charge is 0.465 e. The van der Waals surface area contributed by atoms with Crippen molar-refractivity contribution >= 4 is 17.4 Å². The molecule has 0 amide bonds. The third kappa shape index (κ3) is 4.08. The molecular formula is C16H22N2O2. The second kappa shape index (κ2) is 7.68. The van der Waals surface area contributed by atoms with E-state index >= 15 is 0 Å².